The van der Waals surface area contributed by atoms with E-state index < -0.39 is 0 Å². The van der Waals surface area contributed by atoms with E-state index >= 15 is 0 Å². The van der Waals surface area contributed by atoms with Crippen LogP contribution in [0.1, 0.15) is 40.5 Å². The van der Waals surface area contributed by atoms with Crippen LogP contribution in [0, 0.1) is 5.92 Å². The van der Waals surface area contributed by atoms with E-state index in [9.17, 15) is 0 Å². The fourth-order valence-electron chi connectivity index (χ4n) is 1.45. The SMILES string of the molecule is CCCC(C)C(C)(C)OCCOCCO. The maximum absolute atomic E-state index is 8.52. The Balaban J connectivity index is 3.63. The number of ether oxygens (including phenoxy) is 2. The Morgan fingerprint density at radius 1 is 1.20 bits per heavy atom. The molecule has 0 rings (SSSR count). The van der Waals surface area contributed by atoms with Crippen LogP contribution < -0.4 is 0 Å². The fourth-order valence-corrected chi connectivity index (χ4v) is 1.45. The summed E-state index contributed by atoms with van der Waals surface area (Å²) in [7, 11) is 0. The van der Waals surface area contributed by atoms with Crippen molar-refractivity contribution in [2.24, 2.45) is 5.92 Å². The van der Waals surface area contributed by atoms with E-state index in [0.717, 1.165) is 0 Å². The highest BCUT2D eigenvalue weighted by Gasteiger charge is 2.25. The molecule has 1 unspecified atom stereocenters. The molecule has 0 aliphatic rings. The largest absolute Gasteiger partial charge is 0.394 e. The van der Waals surface area contributed by atoms with Crippen molar-refractivity contribution in [2.75, 3.05) is 26.4 Å². The Labute approximate surface area is 93.8 Å². The van der Waals surface area contributed by atoms with Crippen LogP contribution in [-0.2, 0) is 9.47 Å². The van der Waals surface area contributed by atoms with Gasteiger partial charge in [-0.2, -0.15) is 0 Å². The van der Waals surface area contributed by atoms with Gasteiger partial charge in [-0.15, -0.1) is 0 Å². The molecule has 0 saturated heterocycles. The molecule has 0 aliphatic carbocycles. The van der Waals surface area contributed by atoms with Crippen molar-refractivity contribution in [3.63, 3.8) is 0 Å². The Bertz CT molecular complexity index is 146. The van der Waals surface area contributed by atoms with Gasteiger partial charge >= 0.3 is 0 Å². The van der Waals surface area contributed by atoms with E-state index in [1.165, 1.54) is 12.8 Å². The van der Waals surface area contributed by atoms with Crippen LogP contribution in [0.15, 0.2) is 0 Å². The zero-order valence-corrected chi connectivity index (χ0v) is 10.6. The third-order valence-electron chi connectivity index (χ3n) is 2.85. The third kappa shape index (κ3) is 6.88. The first-order valence-corrected chi connectivity index (χ1v) is 5.87. The lowest BCUT2D eigenvalue weighted by atomic mass is 9.89. The minimum absolute atomic E-state index is 0.0790. The highest BCUT2D eigenvalue weighted by atomic mass is 16.5. The molecule has 0 radical (unpaired) electrons. The predicted molar refractivity (Wildman–Crippen MR) is 62.0 cm³/mol. The van der Waals surface area contributed by atoms with Gasteiger partial charge < -0.3 is 14.6 Å². The van der Waals surface area contributed by atoms with Crippen molar-refractivity contribution in [3.05, 3.63) is 0 Å². The van der Waals surface area contributed by atoms with Gasteiger partial charge in [0, 0.05) is 0 Å². The lowest BCUT2D eigenvalue weighted by Gasteiger charge is -2.32. The molecule has 0 heterocycles. The van der Waals surface area contributed by atoms with Gasteiger partial charge in [0.1, 0.15) is 0 Å². The van der Waals surface area contributed by atoms with Gasteiger partial charge in [-0.1, -0.05) is 20.3 Å². The molecule has 1 N–H and O–H groups in total. The average molecular weight is 218 g/mol. The monoisotopic (exact) mass is 218 g/mol. The Morgan fingerprint density at radius 3 is 2.40 bits per heavy atom. The first-order chi connectivity index (χ1) is 7.04. The third-order valence-corrected chi connectivity index (χ3v) is 2.85. The Kier molecular flexibility index (Phi) is 8.02. The summed E-state index contributed by atoms with van der Waals surface area (Å²) in [6.45, 7) is 10.3. The predicted octanol–water partition coefficient (Wildman–Crippen LogP) is 2.23. The highest BCUT2D eigenvalue weighted by Crippen LogP contribution is 2.24. The van der Waals surface area contributed by atoms with E-state index in [1.54, 1.807) is 0 Å². The molecule has 3 heteroatoms. The van der Waals surface area contributed by atoms with Crippen molar-refractivity contribution >= 4 is 0 Å². The molecule has 0 aromatic heterocycles. The van der Waals surface area contributed by atoms with Crippen LogP contribution in [0.25, 0.3) is 0 Å². The van der Waals surface area contributed by atoms with Crippen LogP contribution in [-0.4, -0.2) is 37.1 Å². The first kappa shape index (κ1) is 14.9. The van der Waals surface area contributed by atoms with Gasteiger partial charge in [0.25, 0.3) is 0 Å². The van der Waals surface area contributed by atoms with Gasteiger partial charge in [-0.3, -0.25) is 0 Å². The maximum atomic E-state index is 8.52. The highest BCUT2D eigenvalue weighted by molar-refractivity contribution is 4.75. The molecule has 0 aromatic rings. The minimum Gasteiger partial charge on any atom is -0.394 e. The normalized spacial score (nSPS) is 14.2. The first-order valence-electron chi connectivity index (χ1n) is 5.87. The molecule has 0 aromatic carbocycles. The second-order valence-electron chi connectivity index (χ2n) is 4.48. The standard InChI is InChI=1S/C12H26O3/c1-5-6-11(2)12(3,4)15-10-9-14-8-7-13/h11,13H,5-10H2,1-4H3. The number of rotatable bonds is 9. The van der Waals surface area contributed by atoms with Crippen LogP contribution in [0.4, 0.5) is 0 Å². The van der Waals surface area contributed by atoms with Crippen molar-refractivity contribution < 1.29 is 14.6 Å². The second-order valence-corrected chi connectivity index (χ2v) is 4.48. The molecule has 0 aliphatic heterocycles. The summed E-state index contributed by atoms with van der Waals surface area (Å²) in [5.41, 5.74) is -0.0847. The zero-order valence-electron chi connectivity index (χ0n) is 10.6. The lowest BCUT2D eigenvalue weighted by molar-refractivity contribution is -0.0788. The molecule has 92 valence electrons. The summed E-state index contributed by atoms with van der Waals surface area (Å²) in [5.74, 6) is 0.556. The Morgan fingerprint density at radius 2 is 1.87 bits per heavy atom. The van der Waals surface area contributed by atoms with Crippen molar-refractivity contribution in [1.82, 2.24) is 0 Å². The molecule has 0 saturated carbocycles. The molecule has 0 bridgehead atoms. The Hall–Kier alpha value is -0.120. The molecule has 0 fully saturated rings. The summed E-state index contributed by atoms with van der Waals surface area (Å²) >= 11 is 0. The molecular weight excluding hydrogens is 192 g/mol. The molecule has 1 atom stereocenters. The average Bonchev–Trinajstić information content (AvgIpc) is 2.18. The summed E-state index contributed by atoms with van der Waals surface area (Å²) < 4.78 is 10.9. The van der Waals surface area contributed by atoms with Gasteiger partial charge in [-0.05, 0) is 26.2 Å². The van der Waals surface area contributed by atoms with Gasteiger partial charge in [0.2, 0.25) is 0 Å². The smallest absolute Gasteiger partial charge is 0.0707 e. The quantitative estimate of drug-likeness (QED) is 0.603. The van der Waals surface area contributed by atoms with E-state index in [1.807, 2.05) is 0 Å². The van der Waals surface area contributed by atoms with Crippen LogP contribution in [0.2, 0.25) is 0 Å². The second kappa shape index (κ2) is 8.08. The van der Waals surface area contributed by atoms with E-state index in [0.29, 0.717) is 25.7 Å². The van der Waals surface area contributed by atoms with Crippen molar-refractivity contribution in [3.8, 4) is 0 Å². The summed E-state index contributed by atoms with van der Waals surface area (Å²) in [6.07, 6.45) is 2.37. The van der Waals surface area contributed by atoms with E-state index in [2.05, 4.69) is 27.7 Å². The maximum Gasteiger partial charge on any atom is 0.0707 e. The van der Waals surface area contributed by atoms with E-state index in [4.69, 9.17) is 14.6 Å². The summed E-state index contributed by atoms with van der Waals surface area (Å²) in [6, 6.07) is 0. The van der Waals surface area contributed by atoms with E-state index in [-0.39, 0.29) is 12.2 Å². The molecule has 0 spiro atoms. The molecule has 3 nitrogen and oxygen atoms in total. The number of hydrogen-bond donors (Lipinski definition) is 1. The summed E-state index contributed by atoms with van der Waals surface area (Å²) in [4.78, 5) is 0. The molecule has 15 heavy (non-hydrogen) atoms. The zero-order chi connectivity index (χ0) is 11.7. The summed E-state index contributed by atoms with van der Waals surface area (Å²) in [5, 5.41) is 8.52. The number of aliphatic hydroxyl groups is 1. The number of hydrogen-bond acceptors (Lipinski definition) is 3. The van der Waals surface area contributed by atoms with Crippen LogP contribution in [0.3, 0.4) is 0 Å². The fraction of sp³-hybridized carbons (Fsp3) is 1.00. The van der Waals surface area contributed by atoms with Gasteiger partial charge in [0.15, 0.2) is 0 Å². The van der Waals surface area contributed by atoms with Crippen LogP contribution in [0.5, 0.6) is 0 Å². The molecule has 0 amide bonds. The van der Waals surface area contributed by atoms with Crippen molar-refractivity contribution in [1.29, 1.82) is 0 Å². The van der Waals surface area contributed by atoms with Gasteiger partial charge in [-0.25, -0.2) is 0 Å². The van der Waals surface area contributed by atoms with Crippen molar-refractivity contribution in [2.45, 2.75) is 46.1 Å². The molecular formula is C12H26O3. The number of aliphatic hydroxyl groups excluding tert-OH is 1. The lowest BCUT2D eigenvalue weighted by Crippen LogP contribution is -2.34. The van der Waals surface area contributed by atoms with Crippen LogP contribution >= 0.6 is 0 Å². The minimum atomic E-state index is -0.0847. The van der Waals surface area contributed by atoms with Gasteiger partial charge in [0.05, 0.1) is 32.0 Å². The topological polar surface area (TPSA) is 38.7 Å².